The van der Waals surface area contributed by atoms with E-state index in [2.05, 4.69) is 99.7 Å². The molecule has 0 saturated carbocycles. The van der Waals surface area contributed by atoms with Crippen LogP contribution in [0.3, 0.4) is 0 Å². The van der Waals surface area contributed by atoms with Crippen molar-refractivity contribution in [3.63, 3.8) is 0 Å². The number of aromatic nitrogens is 4. The Kier molecular flexibility index (Phi) is 44.1. The number of aliphatic hydroxyl groups excluding tert-OH is 2. The molecule has 3 heterocycles. The maximum absolute atomic E-state index is 15.5. The van der Waals surface area contributed by atoms with Crippen LogP contribution in [0.5, 0.6) is 17.2 Å². The quantitative estimate of drug-likeness (QED) is 0.0173. The summed E-state index contributed by atoms with van der Waals surface area (Å²) in [6.07, 6.45) is 0.201. The fourth-order valence-electron chi connectivity index (χ4n) is 15.2. The number of carboxylic acid groups (broad SMARTS) is 2. The molecule has 17 amide bonds. The number of aliphatic carboxylic acids is 2. The number of aliphatic hydroxyl groups is 2. The minimum Gasteiger partial charge on any atom is -0.508 e. The maximum atomic E-state index is 15.5. The molecule has 0 unspecified atom stereocenters. The number of rotatable bonds is 59. The number of carboxylic acids is 2. The number of amides is 17. The third-order valence-corrected chi connectivity index (χ3v) is 24.1. The van der Waals surface area contributed by atoms with Crippen LogP contribution >= 0.6 is 11.8 Å². The average Bonchev–Trinajstić information content (AvgIpc) is 1.65. The Morgan fingerprint density at radius 1 is 0.400 bits per heavy atom. The first-order chi connectivity index (χ1) is 68.9. The molecule has 8 rings (SSSR count). The first kappa shape index (κ1) is 114. The summed E-state index contributed by atoms with van der Waals surface area (Å²) in [6, 6.07) is 6.40. The Morgan fingerprint density at radius 3 is 1.19 bits per heavy atom. The molecule has 0 spiro atoms. The smallest absolute Gasteiger partial charge is 0.303 e. The summed E-state index contributed by atoms with van der Waals surface area (Å²) in [4.78, 5) is 278. The standard InChI is InChI=1S/C96H124N22O26S/c1-7-49(4)81(117-88(136)66(29-31-79(129)130)108-89(137)69(35-52-18-24-58(122)25-19-52)107-77(126)44-103-84(132)62(97)40-75(98)124)95(143)109-65(28-30-78(127)128)86(134)112-71(37-54-41-101-63-14-10-8-12-60(54)63)91(139)111-70(36-53-20-26-59(123)27-21-53)90(138)115-74(46-119)93(141)113-72(38-55-42-102-64-15-11-9-13-61(55)64)92(140)116-80(48(2)3)94(142)118-82(50(5)120)96(144)114-73(39-56-43-100-47-105-56)85(133)104-45-76(125)106-67(32-33-145-6)87(135)110-68(83(99)131)34-51-16-22-57(121)23-17-51/h8-27,41-43,47-50,62,65-74,80-82,101-102,119-123H,7,28-40,44-46,97H2,1-6H3,(H2,98,124)(H2,99,131)(H,100,105)(H,103,132)(H,104,133)(H,106,125)(H,107,126)(H,108,137)(H,109,143)(H,110,135)(H,111,139)(H,112,134)(H,113,141)(H,114,144)(H,115,138)(H,116,140)(H,117,136)(H,118,142)(H,127,128)(H,129,130)/t49-,50-,62-,65-,66-,67-,68-,69-,70-,71-,72-,73-,74-,80-,81-,82-/m0/s1. The second-order valence-corrected chi connectivity index (χ2v) is 36.0. The van der Waals surface area contributed by atoms with Crippen molar-refractivity contribution in [3.8, 4) is 17.2 Å². The van der Waals surface area contributed by atoms with Crippen LogP contribution in [0.15, 0.2) is 146 Å². The fraction of sp³-hybridized carbons (Fsp3) is 0.417. The molecule has 0 aliphatic heterocycles. The van der Waals surface area contributed by atoms with Gasteiger partial charge in [-0.2, -0.15) is 11.8 Å². The molecule has 0 bridgehead atoms. The Hall–Kier alpha value is -16.1. The number of aromatic hydroxyl groups is 3. The van der Waals surface area contributed by atoms with Gasteiger partial charge in [0.1, 0.15) is 95.8 Å². The third kappa shape index (κ3) is 36.2. The minimum atomic E-state index is -2.02. The summed E-state index contributed by atoms with van der Waals surface area (Å²) < 4.78 is 0. The number of nitrogens with one attached hydrogen (secondary N) is 18. The predicted octanol–water partition coefficient (Wildman–Crippen LogP) is -3.97. The molecule has 780 valence electrons. The number of nitrogens with two attached hydrogens (primary N) is 3. The van der Waals surface area contributed by atoms with Crippen LogP contribution in [0.1, 0.15) is 113 Å². The third-order valence-electron chi connectivity index (χ3n) is 23.5. The van der Waals surface area contributed by atoms with Gasteiger partial charge in [-0.05, 0) is 126 Å². The SMILES string of the molecule is CC[C@H](C)[C@H](NC(=O)[C@H](CCC(=O)O)NC(=O)[C@H](Cc1ccc(O)cc1)NC(=O)CNC(=O)[C@@H](N)CC(N)=O)C(=O)N[C@@H](CCC(=O)O)C(=O)N[C@@H](Cc1c[nH]c2ccccc12)C(=O)N[C@@H](Cc1ccc(O)cc1)C(=O)N[C@@H](CO)C(=O)N[C@@H](Cc1c[nH]c2ccccc12)C(=O)N[C@H](C(=O)N[C@H](C(=O)N[C@@H](Cc1cnc[nH]1)C(=O)NCC(=O)N[C@@H](CCSC)C(=O)N[C@@H](Cc1ccc(O)cc1)C(N)=O)[C@H](C)O)C(C)C. The molecule has 8 aromatic rings. The Bertz CT molecular complexity index is 5860. The number of benzene rings is 5. The van der Waals surface area contributed by atoms with Crippen LogP contribution < -0.4 is 97.0 Å². The van der Waals surface area contributed by atoms with Crippen molar-refractivity contribution in [3.05, 3.63) is 180 Å². The lowest BCUT2D eigenvalue weighted by Crippen LogP contribution is -2.63. The number of imidazole rings is 1. The highest BCUT2D eigenvalue weighted by Crippen LogP contribution is 2.25. The van der Waals surface area contributed by atoms with Crippen molar-refractivity contribution in [2.45, 2.75) is 209 Å². The van der Waals surface area contributed by atoms with Crippen LogP contribution in [-0.2, 0) is 130 Å². The zero-order chi connectivity index (χ0) is 106. The number of para-hydroxylation sites is 2. The lowest BCUT2D eigenvalue weighted by Gasteiger charge is -2.30. The molecule has 48 nitrogen and oxygen atoms in total. The molecule has 145 heavy (non-hydrogen) atoms. The van der Waals surface area contributed by atoms with Crippen molar-refractivity contribution >= 4 is 146 Å². The van der Waals surface area contributed by atoms with Crippen molar-refractivity contribution in [1.82, 2.24) is 99.7 Å². The van der Waals surface area contributed by atoms with E-state index in [-0.39, 0.29) is 67.0 Å². The van der Waals surface area contributed by atoms with Gasteiger partial charge in [0.25, 0.3) is 0 Å². The molecular weight excluding hydrogens is 1910 g/mol. The highest BCUT2D eigenvalue weighted by molar-refractivity contribution is 7.98. The molecular formula is C96H124N22O26S. The second-order valence-electron chi connectivity index (χ2n) is 35.0. The molecule has 0 fully saturated rings. The van der Waals surface area contributed by atoms with Crippen molar-refractivity contribution in [2.75, 3.05) is 31.7 Å². The zero-order valence-corrected chi connectivity index (χ0v) is 81.0. The lowest BCUT2D eigenvalue weighted by atomic mass is 9.96. The number of carbonyl (C=O) groups is 19. The number of H-pyrrole nitrogens is 3. The number of aromatic amines is 3. The van der Waals surface area contributed by atoms with Gasteiger partial charge in [-0.25, -0.2) is 4.98 Å². The Labute approximate surface area is 834 Å². The van der Waals surface area contributed by atoms with Crippen molar-refractivity contribution < 1.29 is 127 Å². The minimum absolute atomic E-state index is 0.0427. The molecule has 0 aliphatic rings. The number of primary amides is 2. The Balaban J connectivity index is 1.01. The molecule has 3 aromatic heterocycles. The van der Waals surface area contributed by atoms with Gasteiger partial charge in [-0.3, -0.25) is 91.1 Å². The highest BCUT2D eigenvalue weighted by Gasteiger charge is 2.41. The summed E-state index contributed by atoms with van der Waals surface area (Å²) in [7, 11) is 0. The van der Waals surface area contributed by atoms with Gasteiger partial charge in [0.15, 0.2) is 0 Å². The average molecular weight is 2030 g/mol. The van der Waals surface area contributed by atoms with Crippen LogP contribution in [-0.4, -0.2) is 290 Å². The Morgan fingerprint density at radius 2 is 0.759 bits per heavy atom. The van der Waals surface area contributed by atoms with Crippen molar-refractivity contribution in [2.24, 2.45) is 29.0 Å². The second kappa shape index (κ2) is 56.0. The van der Waals surface area contributed by atoms with Gasteiger partial charge in [-0.15, -0.1) is 0 Å². The molecule has 16 atom stereocenters. The van der Waals surface area contributed by atoms with Crippen LogP contribution in [0.2, 0.25) is 0 Å². The topological polar surface area (TPSA) is 785 Å². The van der Waals surface area contributed by atoms with Gasteiger partial charge < -0.3 is 148 Å². The van der Waals surface area contributed by atoms with E-state index in [9.17, 15) is 108 Å². The van der Waals surface area contributed by atoms with Gasteiger partial charge in [0.2, 0.25) is 100 Å². The summed E-state index contributed by atoms with van der Waals surface area (Å²) >= 11 is 1.34. The maximum Gasteiger partial charge on any atom is 0.303 e. The number of carbonyl (C=O) groups excluding carboxylic acids is 17. The molecule has 5 aromatic carbocycles. The number of phenolic OH excluding ortho intramolecular Hbond substituents is 3. The monoisotopic (exact) mass is 2030 g/mol. The summed E-state index contributed by atoms with van der Waals surface area (Å²) in [5, 5.41) is 111. The molecule has 0 saturated heterocycles. The van der Waals surface area contributed by atoms with Gasteiger partial charge in [0.05, 0.1) is 44.6 Å². The number of hydrogen-bond acceptors (Lipinski definition) is 27. The largest absolute Gasteiger partial charge is 0.508 e. The van der Waals surface area contributed by atoms with Crippen LogP contribution in [0, 0.1) is 11.8 Å². The van der Waals surface area contributed by atoms with E-state index in [1.165, 1.54) is 130 Å². The number of fused-ring (bicyclic) bond motifs is 2. The summed E-state index contributed by atoms with van der Waals surface area (Å²) in [5.74, 6) is -22.8. The molecule has 49 heteroatoms. The van der Waals surface area contributed by atoms with E-state index in [4.69, 9.17) is 17.2 Å². The predicted molar refractivity (Wildman–Crippen MR) is 524 cm³/mol. The summed E-state index contributed by atoms with van der Waals surface area (Å²) in [5.41, 5.74) is 19.8. The van der Waals surface area contributed by atoms with E-state index in [1.807, 2.05) is 0 Å². The van der Waals surface area contributed by atoms with E-state index in [0.29, 0.717) is 49.8 Å². The lowest BCUT2D eigenvalue weighted by molar-refractivity contribution is -0.139. The van der Waals surface area contributed by atoms with Crippen molar-refractivity contribution in [1.29, 1.82) is 0 Å². The zero-order valence-electron chi connectivity index (χ0n) is 80.2. The number of hydrogen-bond donors (Lipinski definition) is 28. The summed E-state index contributed by atoms with van der Waals surface area (Å²) in [6.45, 7) is 4.43. The first-order valence-electron chi connectivity index (χ1n) is 46.4. The van der Waals surface area contributed by atoms with E-state index in [1.54, 1.807) is 61.7 Å². The van der Waals surface area contributed by atoms with E-state index < -0.39 is 280 Å². The normalized spacial score (nSPS) is 14.5. The number of phenols is 3. The van der Waals surface area contributed by atoms with Gasteiger partial charge >= 0.3 is 11.9 Å². The highest BCUT2D eigenvalue weighted by atomic mass is 32.2. The molecule has 31 N–H and O–H groups in total. The van der Waals surface area contributed by atoms with Crippen LogP contribution in [0.25, 0.3) is 21.8 Å². The number of nitrogens with zero attached hydrogens (tertiary/aromatic N) is 1. The fourth-order valence-corrected chi connectivity index (χ4v) is 15.7. The number of thioether (sulfide) groups is 1. The first-order valence-corrected chi connectivity index (χ1v) is 47.7. The van der Waals surface area contributed by atoms with Gasteiger partial charge in [-0.1, -0.05) is 107 Å². The molecule has 0 aliphatic carbocycles. The van der Waals surface area contributed by atoms with E-state index >= 15 is 19.2 Å². The van der Waals surface area contributed by atoms with Gasteiger partial charge in [0, 0.05) is 97.5 Å². The molecule has 0 radical (unpaired) electrons. The van der Waals surface area contributed by atoms with Crippen LogP contribution in [0.4, 0.5) is 0 Å². The van der Waals surface area contributed by atoms with E-state index in [0.717, 1.165) is 6.92 Å².